The topological polar surface area (TPSA) is 56.1 Å². The van der Waals surface area contributed by atoms with Crippen molar-refractivity contribution in [2.24, 2.45) is 0 Å². The number of fused-ring (bicyclic) bond motifs is 1. The monoisotopic (exact) mass is 317 g/mol. The van der Waals surface area contributed by atoms with Crippen LogP contribution in [0.5, 0.6) is 0 Å². The molecule has 1 aliphatic carbocycles. The van der Waals surface area contributed by atoms with Crippen molar-refractivity contribution in [3.63, 3.8) is 0 Å². The van der Waals surface area contributed by atoms with Gasteiger partial charge in [-0.05, 0) is 49.9 Å². The van der Waals surface area contributed by atoms with E-state index in [9.17, 15) is 9.18 Å². The second-order valence-electron chi connectivity index (χ2n) is 5.62. The molecule has 1 aromatic carbocycles. The maximum atomic E-state index is 13.1. The number of carbonyl (C=O) groups is 1. The molecule has 2 aromatic rings. The number of rotatable bonds is 5. The molecule has 1 N–H and O–H groups in total. The SMILES string of the molecule is COCCNC(=O)c1nn(-c2ccc(F)cc2)c2c1CCCC2. The van der Waals surface area contributed by atoms with Crippen LogP contribution in [0.15, 0.2) is 24.3 Å². The molecular formula is C17H20FN3O2. The minimum Gasteiger partial charge on any atom is -0.383 e. The third-order valence-electron chi connectivity index (χ3n) is 4.06. The number of nitrogens with one attached hydrogen (secondary N) is 1. The zero-order valence-electron chi connectivity index (χ0n) is 13.1. The van der Waals surface area contributed by atoms with Gasteiger partial charge in [-0.2, -0.15) is 5.10 Å². The molecule has 0 radical (unpaired) electrons. The summed E-state index contributed by atoms with van der Waals surface area (Å²) in [5, 5.41) is 7.34. The summed E-state index contributed by atoms with van der Waals surface area (Å²) >= 11 is 0. The average Bonchev–Trinajstić information content (AvgIpc) is 2.95. The normalized spacial score (nSPS) is 13.7. The smallest absolute Gasteiger partial charge is 0.272 e. The molecule has 1 aromatic heterocycles. The number of benzene rings is 1. The Kier molecular flexibility index (Phi) is 4.71. The van der Waals surface area contributed by atoms with Crippen LogP contribution in [0.4, 0.5) is 4.39 Å². The summed E-state index contributed by atoms with van der Waals surface area (Å²) in [6, 6.07) is 6.18. The predicted molar refractivity (Wildman–Crippen MR) is 84.4 cm³/mol. The predicted octanol–water partition coefficient (Wildman–Crippen LogP) is 2.27. The van der Waals surface area contributed by atoms with Crippen LogP contribution in [0.3, 0.4) is 0 Å². The van der Waals surface area contributed by atoms with Crippen molar-refractivity contribution >= 4 is 5.91 Å². The first-order valence-corrected chi connectivity index (χ1v) is 7.84. The second-order valence-corrected chi connectivity index (χ2v) is 5.62. The number of methoxy groups -OCH3 is 1. The van der Waals surface area contributed by atoms with Crippen LogP contribution in [0, 0.1) is 5.82 Å². The van der Waals surface area contributed by atoms with Crippen LogP contribution in [0.2, 0.25) is 0 Å². The van der Waals surface area contributed by atoms with Gasteiger partial charge in [-0.15, -0.1) is 0 Å². The number of carbonyl (C=O) groups excluding carboxylic acids is 1. The summed E-state index contributed by atoms with van der Waals surface area (Å²) in [5.74, 6) is -0.464. The number of aromatic nitrogens is 2. The minimum atomic E-state index is -0.285. The van der Waals surface area contributed by atoms with Gasteiger partial charge >= 0.3 is 0 Å². The summed E-state index contributed by atoms with van der Waals surface area (Å²) in [5.41, 5.74) is 3.32. The first kappa shape index (κ1) is 15.7. The molecule has 0 saturated carbocycles. The van der Waals surface area contributed by atoms with Gasteiger partial charge in [0.05, 0.1) is 12.3 Å². The quantitative estimate of drug-likeness (QED) is 0.861. The van der Waals surface area contributed by atoms with Gasteiger partial charge in [0.1, 0.15) is 5.82 Å². The molecule has 0 spiro atoms. The van der Waals surface area contributed by atoms with Crippen LogP contribution < -0.4 is 5.32 Å². The Hall–Kier alpha value is -2.21. The van der Waals surface area contributed by atoms with Gasteiger partial charge in [-0.1, -0.05) is 0 Å². The van der Waals surface area contributed by atoms with Gasteiger partial charge in [-0.25, -0.2) is 9.07 Å². The van der Waals surface area contributed by atoms with E-state index in [1.54, 1.807) is 23.9 Å². The fraction of sp³-hybridized carbons (Fsp3) is 0.412. The number of halogens is 1. The van der Waals surface area contributed by atoms with Crippen molar-refractivity contribution in [3.8, 4) is 5.69 Å². The number of ether oxygens (including phenoxy) is 1. The fourth-order valence-corrected chi connectivity index (χ4v) is 2.93. The third kappa shape index (κ3) is 3.27. The Morgan fingerprint density at radius 2 is 2.04 bits per heavy atom. The molecule has 0 unspecified atom stereocenters. The van der Waals surface area contributed by atoms with Crippen LogP contribution >= 0.6 is 0 Å². The molecule has 23 heavy (non-hydrogen) atoms. The van der Waals surface area contributed by atoms with E-state index < -0.39 is 0 Å². The highest BCUT2D eigenvalue weighted by Crippen LogP contribution is 2.27. The molecular weight excluding hydrogens is 297 g/mol. The summed E-state index contributed by atoms with van der Waals surface area (Å²) in [7, 11) is 1.59. The molecule has 6 heteroatoms. The van der Waals surface area contributed by atoms with Crippen molar-refractivity contribution in [1.82, 2.24) is 15.1 Å². The molecule has 3 rings (SSSR count). The van der Waals surface area contributed by atoms with E-state index in [1.165, 1.54) is 12.1 Å². The van der Waals surface area contributed by atoms with Crippen LogP contribution in [-0.2, 0) is 17.6 Å². The number of nitrogens with zero attached hydrogens (tertiary/aromatic N) is 2. The molecule has 1 amide bonds. The zero-order valence-corrected chi connectivity index (χ0v) is 13.1. The standard InChI is InChI=1S/C17H20FN3O2/c1-23-11-10-19-17(22)16-14-4-2-3-5-15(14)21(20-16)13-8-6-12(18)7-9-13/h6-9H,2-5,10-11H2,1H3,(H,19,22). The first-order valence-electron chi connectivity index (χ1n) is 7.84. The summed E-state index contributed by atoms with van der Waals surface area (Å²) in [4.78, 5) is 12.4. The molecule has 0 bridgehead atoms. The second kappa shape index (κ2) is 6.91. The van der Waals surface area contributed by atoms with Crippen molar-refractivity contribution < 1.29 is 13.9 Å². The third-order valence-corrected chi connectivity index (χ3v) is 4.06. The van der Waals surface area contributed by atoms with E-state index in [2.05, 4.69) is 10.4 Å². The number of hydrogen-bond acceptors (Lipinski definition) is 3. The van der Waals surface area contributed by atoms with Crippen LogP contribution in [0.25, 0.3) is 5.69 Å². The summed E-state index contributed by atoms with van der Waals surface area (Å²) in [6.07, 6.45) is 3.86. The molecule has 0 atom stereocenters. The van der Waals surface area contributed by atoms with E-state index in [4.69, 9.17) is 4.74 Å². The molecule has 0 fully saturated rings. The summed E-state index contributed by atoms with van der Waals surface area (Å²) < 4.78 is 19.9. The summed E-state index contributed by atoms with van der Waals surface area (Å²) in [6.45, 7) is 0.917. The Bertz CT molecular complexity index is 695. The van der Waals surface area contributed by atoms with Crippen LogP contribution in [0.1, 0.15) is 34.6 Å². The van der Waals surface area contributed by atoms with Crippen molar-refractivity contribution in [2.75, 3.05) is 20.3 Å². The van der Waals surface area contributed by atoms with Gasteiger partial charge < -0.3 is 10.1 Å². The molecule has 1 heterocycles. The maximum absolute atomic E-state index is 13.1. The molecule has 0 saturated heterocycles. The highest BCUT2D eigenvalue weighted by molar-refractivity contribution is 5.94. The fourth-order valence-electron chi connectivity index (χ4n) is 2.93. The molecule has 1 aliphatic rings. The van der Waals surface area contributed by atoms with E-state index in [0.717, 1.165) is 42.6 Å². The lowest BCUT2D eigenvalue weighted by atomic mass is 9.95. The van der Waals surface area contributed by atoms with Gasteiger partial charge in [0.2, 0.25) is 0 Å². The van der Waals surface area contributed by atoms with Gasteiger partial charge in [-0.3, -0.25) is 4.79 Å². The zero-order chi connectivity index (χ0) is 16.2. The maximum Gasteiger partial charge on any atom is 0.272 e. The van der Waals surface area contributed by atoms with Crippen molar-refractivity contribution in [3.05, 3.63) is 47.0 Å². The van der Waals surface area contributed by atoms with E-state index in [1.807, 2.05) is 0 Å². The Labute approximate surface area is 134 Å². The first-order chi connectivity index (χ1) is 11.2. The highest BCUT2D eigenvalue weighted by Gasteiger charge is 2.25. The molecule has 122 valence electrons. The minimum absolute atomic E-state index is 0.180. The van der Waals surface area contributed by atoms with Gasteiger partial charge in [0, 0.05) is 24.9 Å². The van der Waals surface area contributed by atoms with Crippen molar-refractivity contribution in [2.45, 2.75) is 25.7 Å². The van der Waals surface area contributed by atoms with Crippen LogP contribution in [-0.4, -0.2) is 35.9 Å². The number of hydrogen-bond donors (Lipinski definition) is 1. The average molecular weight is 317 g/mol. The number of amides is 1. The molecule has 0 aliphatic heterocycles. The van der Waals surface area contributed by atoms with E-state index in [0.29, 0.717) is 18.8 Å². The Balaban J connectivity index is 1.94. The largest absolute Gasteiger partial charge is 0.383 e. The highest BCUT2D eigenvalue weighted by atomic mass is 19.1. The lowest BCUT2D eigenvalue weighted by Gasteiger charge is -2.14. The van der Waals surface area contributed by atoms with Crippen molar-refractivity contribution in [1.29, 1.82) is 0 Å². The molecule has 5 nitrogen and oxygen atoms in total. The van der Waals surface area contributed by atoms with E-state index >= 15 is 0 Å². The van der Waals surface area contributed by atoms with E-state index in [-0.39, 0.29) is 11.7 Å². The van der Waals surface area contributed by atoms with Gasteiger partial charge in [0.15, 0.2) is 5.69 Å². The van der Waals surface area contributed by atoms with Gasteiger partial charge in [0.25, 0.3) is 5.91 Å². The Morgan fingerprint density at radius 3 is 2.78 bits per heavy atom. The Morgan fingerprint density at radius 1 is 1.30 bits per heavy atom. The lowest BCUT2D eigenvalue weighted by Crippen LogP contribution is -2.28. The lowest BCUT2D eigenvalue weighted by molar-refractivity contribution is 0.0930.